The van der Waals surface area contributed by atoms with E-state index in [0.717, 1.165) is 6.42 Å². The summed E-state index contributed by atoms with van der Waals surface area (Å²) in [4.78, 5) is 15.6. The molecule has 0 saturated carbocycles. The molecule has 0 aliphatic rings. The number of aromatic nitrogens is 2. The van der Waals surface area contributed by atoms with E-state index >= 15 is 0 Å². The molecule has 0 aliphatic carbocycles. The minimum absolute atomic E-state index is 0.00526. The van der Waals surface area contributed by atoms with Crippen molar-refractivity contribution in [1.82, 2.24) is 9.55 Å². The van der Waals surface area contributed by atoms with Crippen LogP contribution in [0.25, 0.3) is 0 Å². The molecule has 0 spiro atoms. The van der Waals surface area contributed by atoms with Crippen LogP contribution in [-0.4, -0.2) is 9.55 Å². The van der Waals surface area contributed by atoms with Crippen molar-refractivity contribution < 1.29 is 0 Å². The predicted octanol–water partition coefficient (Wildman–Crippen LogP) is 3.16. The monoisotopic (exact) mass is 248 g/mol. The third-order valence-corrected chi connectivity index (χ3v) is 3.53. The highest BCUT2D eigenvalue weighted by Gasteiger charge is 2.16. The van der Waals surface area contributed by atoms with Crippen molar-refractivity contribution >= 4 is 23.2 Å². The predicted molar refractivity (Wildman–Crippen MR) is 62.7 cm³/mol. The molecule has 2 atom stereocenters. The molecule has 0 aliphatic heterocycles. The summed E-state index contributed by atoms with van der Waals surface area (Å²) in [6, 6.07) is 0.0739. The third kappa shape index (κ3) is 2.52. The van der Waals surface area contributed by atoms with Crippen molar-refractivity contribution in [3.05, 3.63) is 26.9 Å². The zero-order chi connectivity index (χ0) is 11.6. The van der Waals surface area contributed by atoms with Crippen LogP contribution in [0.3, 0.4) is 0 Å². The molecule has 2 unspecified atom stereocenters. The average Bonchev–Trinajstić information content (AvgIpc) is 2.24. The second kappa shape index (κ2) is 4.99. The van der Waals surface area contributed by atoms with Gasteiger partial charge in [-0.2, -0.15) is 0 Å². The molecule has 0 aromatic carbocycles. The number of hydrogen-bond donors (Lipinski definition) is 0. The molecule has 84 valence electrons. The van der Waals surface area contributed by atoms with E-state index in [4.69, 9.17) is 23.2 Å². The lowest BCUT2D eigenvalue weighted by molar-refractivity contribution is 0.359. The Labute approximate surface area is 99.0 Å². The molecule has 1 rings (SSSR count). The van der Waals surface area contributed by atoms with Crippen molar-refractivity contribution in [2.24, 2.45) is 5.92 Å². The highest BCUT2D eigenvalue weighted by Crippen LogP contribution is 2.20. The van der Waals surface area contributed by atoms with Crippen molar-refractivity contribution in [3.8, 4) is 0 Å². The van der Waals surface area contributed by atoms with Gasteiger partial charge in [-0.25, -0.2) is 4.98 Å². The van der Waals surface area contributed by atoms with Gasteiger partial charge < -0.3 is 0 Å². The lowest BCUT2D eigenvalue weighted by Crippen LogP contribution is -2.27. The summed E-state index contributed by atoms with van der Waals surface area (Å²) in [5.74, 6) is 0.391. The third-order valence-electron chi connectivity index (χ3n) is 2.81. The van der Waals surface area contributed by atoms with Gasteiger partial charge >= 0.3 is 0 Å². The largest absolute Gasteiger partial charge is 0.295 e. The Morgan fingerprint density at radius 2 is 2.07 bits per heavy atom. The van der Waals surface area contributed by atoms with Crippen molar-refractivity contribution in [2.45, 2.75) is 33.2 Å². The van der Waals surface area contributed by atoms with Gasteiger partial charge in [0.1, 0.15) is 5.02 Å². The van der Waals surface area contributed by atoms with Crippen molar-refractivity contribution in [3.63, 3.8) is 0 Å². The second-order valence-electron chi connectivity index (χ2n) is 3.69. The van der Waals surface area contributed by atoms with Gasteiger partial charge in [0.05, 0.1) is 6.33 Å². The molecule has 0 bridgehead atoms. The standard InChI is InChI=1S/C10H14Cl2N2O/c1-4-6(2)7(3)14-5-13-9(12)8(11)10(14)15/h5-7H,4H2,1-3H3. The Bertz CT molecular complexity index is 403. The zero-order valence-corrected chi connectivity index (χ0v) is 10.5. The first-order chi connectivity index (χ1) is 6.99. The molecule has 1 heterocycles. The van der Waals surface area contributed by atoms with Crippen LogP contribution in [0.2, 0.25) is 10.2 Å². The fourth-order valence-corrected chi connectivity index (χ4v) is 1.60. The van der Waals surface area contributed by atoms with E-state index in [1.807, 2.05) is 6.92 Å². The molecule has 0 amide bonds. The van der Waals surface area contributed by atoms with Crippen LogP contribution in [0.5, 0.6) is 0 Å². The molecule has 5 heteroatoms. The Morgan fingerprint density at radius 1 is 1.47 bits per heavy atom. The van der Waals surface area contributed by atoms with Crippen molar-refractivity contribution in [1.29, 1.82) is 0 Å². The minimum atomic E-state index is -0.274. The molecule has 3 nitrogen and oxygen atoms in total. The van der Waals surface area contributed by atoms with Gasteiger partial charge in [-0.1, -0.05) is 43.5 Å². The van der Waals surface area contributed by atoms with Gasteiger partial charge in [0.2, 0.25) is 0 Å². The highest BCUT2D eigenvalue weighted by atomic mass is 35.5. The topological polar surface area (TPSA) is 34.9 Å². The molecule has 0 saturated heterocycles. The minimum Gasteiger partial charge on any atom is -0.295 e. The van der Waals surface area contributed by atoms with Gasteiger partial charge in [0, 0.05) is 6.04 Å². The summed E-state index contributed by atoms with van der Waals surface area (Å²) in [5.41, 5.74) is -0.274. The molecule has 15 heavy (non-hydrogen) atoms. The maximum absolute atomic E-state index is 11.8. The van der Waals surface area contributed by atoms with Crippen molar-refractivity contribution in [2.75, 3.05) is 0 Å². The van der Waals surface area contributed by atoms with E-state index in [9.17, 15) is 4.79 Å². The number of hydrogen-bond acceptors (Lipinski definition) is 2. The maximum atomic E-state index is 11.8. The van der Waals surface area contributed by atoms with Crippen LogP contribution < -0.4 is 5.56 Å². The molecule has 0 fully saturated rings. The van der Waals surface area contributed by atoms with E-state index in [-0.39, 0.29) is 21.8 Å². The maximum Gasteiger partial charge on any atom is 0.273 e. The summed E-state index contributed by atoms with van der Waals surface area (Å²) >= 11 is 11.4. The van der Waals surface area contributed by atoms with Crippen LogP contribution in [0.15, 0.2) is 11.1 Å². The van der Waals surface area contributed by atoms with Gasteiger partial charge in [0.25, 0.3) is 5.56 Å². The molecule has 1 aromatic heterocycles. The Balaban J connectivity index is 3.17. The first kappa shape index (κ1) is 12.5. The van der Waals surface area contributed by atoms with Gasteiger partial charge in [-0.3, -0.25) is 9.36 Å². The quantitative estimate of drug-likeness (QED) is 0.771. The second-order valence-corrected chi connectivity index (χ2v) is 4.42. The van der Waals surface area contributed by atoms with E-state index in [2.05, 4.69) is 18.8 Å². The summed E-state index contributed by atoms with van der Waals surface area (Å²) < 4.78 is 1.53. The van der Waals surface area contributed by atoms with Crippen LogP contribution in [0.1, 0.15) is 33.2 Å². The first-order valence-electron chi connectivity index (χ1n) is 4.91. The van der Waals surface area contributed by atoms with Gasteiger partial charge in [-0.05, 0) is 12.8 Å². The SMILES string of the molecule is CCC(C)C(C)n1cnc(Cl)c(Cl)c1=O. The summed E-state index contributed by atoms with van der Waals surface area (Å²) in [6.45, 7) is 6.14. The number of halogens is 2. The fourth-order valence-electron chi connectivity index (χ4n) is 1.33. The smallest absolute Gasteiger partial charge is 0.273 e. The van der Waals surface area contributed by atoms with Crippen LogP contribution in [0, 0.1) is 5.92 Å². The summed E-state index contributed by atoms with van der Waals surface area (Å²) in [5, 5.41) is 0.0589. The number of rotatable bonds is 3. The van der Waals surface area contributed by atoms with Gasteiger partial charge in [-0.15, -0.1) is 0 Å². The Kier molecular flexibility index (Phi) is 4.17. The Hall–Kier alpha value is -0.540. The molecular weight excluding hydrogens is 235 g/mol. The normalized spacial score (nSPS) is 15.0. The molecular formula is C10H14Cl2N2O. The van der Waals surface area contributed by atoms with Crippen LogP contribution in [0.4, 0.5) is 0 Å². The van der Waals surface area contributed by atoms with E-state index in [0.29, 0.717) is 5.92 Å². The van der Waals surface area contributed by atoms with E-state index < -0.39 is 0 Å². The molecule has 1 aromatic rings. The van der Waals surface area contributed by atoms with E-state index in [1.54, 1.807) is 0 Å². The zero-order valence-electron chi connectivity index (χ0n) is 9.00. The summed E-state index contributed by atoms with van der Waals surface area (Å²) in [7, 11) is 0. The number of nitrogens with zero attached hydrogens (tertiary/aromatic N) is 2. The lowest BCUT2D eigenvalue weighted by Gasteiger charge is -2.20. The summed E-state index contributed by atoms with van der Waals surface area (Å²) in [6.07, 6.45) is 2.45. The van der Waals surface area contributed by atoms with Crippen LogP contribution in [-0.2, 0) is 0 Å². The van der Waals surface area contributed by atoms with Gasteiger partial charge in [0.15, 0.2) is 5.15 Å². The highest BCUT2D eigenvalue weighted by molar-refractivity contribution is 6.40. The van der Waals surface area contributed by atoms with E-state index in [1.165, 1.54) is 10.9 Å². The first-order valence-corrected chi connectivity index (χ1v) is 5.66. The molecule has 0 N–H and O–H groups in total. The average molecular weight is 249 g/mol. The fraction of sp³-hybridized carbons (Fsp3) is 0.600. The molecule has 0 radical (unpaired) electrons. The lowest BCUT2D eigenvalue weighted by atomic mass is 10.0. The Morgan fingerprint density at radius 3 is 2.60 bits per heavy atom. The van der Waals surface area contributed by atoms with Crippen LogP contribution >= 0.6 is 23.2 Å².